The highest BCUT2D eigenvalue weighted by atomic mass is 16.6. The van der Waals surface area contributed by atoms with Crippen LogP contribution in [-0.4, -0.2) is 169 Å². The number of aryl methyl sites for hydroxylation is 1. The van der Waals surface area contributed by atoms with Crippen molar-refractivity contribution in [2.24, 2.45) is 5.73 Å². The van der Waals surface area contributed by atoms with E-state index < -0.39 is 30.0 Å². The maximum Gasteiger partial charge on any atom is 0.246 e. The van der Waals surface area contributed by atoms with Gasteiger partial charge in [-0.05, 0) is 73.7 Å². The third-order valence-corrected chi connectivity index (χ3v) is 11.1. The fourth-order valence-electron chi connectivity index (χ4n) is 7.42. The largest absolute Gasteiger partial charge is 0.497 e. The molecule has 0 unspecified atom stereocenters. The first-order chi connectivity index (χ1) is 35.8. The zero-order chi connectivity index (χ0) is 51.9. The van der Waals surface area contributed by atoms with E-state index in [-0.39, 0.29) is 25.7 Å². The first kappa shape index (κ1) is 60.2. The van der Waals surface area contributed by atoms with Gasteiger partial charge in [0, 0.05) is 18.8 Å². The van der Waals surface area contributed by atoms with Gasteiger partial charge < -0.3 is 69.1 Å². The van der Waals surface area contributed by atoms with Gasteiger partial charge in [0.25, 0.3) is 0 Å². The number of carbonyl (C=O) groups is 3. The number of hydrogen-bond donors (Lipinski definition) is 5. The zero-order valence-corrected chi connectivity index (χ0v) is 42.8. The van der Waals surface area contributed by atoms with Crippen molar-refractivity contribution in [3.05, 3.63) is 131 Å². The molecule has 0 aliphatic heterocycles. The minimum Gasteiger partial charge on any atom is -0.497 e. The average Bonchev–Trinajstić information content (AvgIpc) is 3.41. The van der Waals surface area contributed by atoms with Crippen molar-refractivity contribution >= 4 is 23.4 Å². The van der Waals surface area contributed by atoms with E-state index in [1.54, 1.807) is 7.11 Å². The van der Waals surface area contributed by atoms with Gasteiger partial charge in [0.15, 0.2) is 0 Å². The highest BCUT2D eigenvalue weighted by molar-refractivity contribution is 5.97. The Morgan fingerprint density at radius 2 is 0.959 bits per heavy atom. The normalized spacial score (nSPS) is 11.8. The number of benzene rings is 4. The van der Waals surface area contributed by atoms with Crippen molar-refractivity contribution in [3.8, 4) is 5.75 Å². The smallest absolute Gasteiger partial charge is 0.246 e. The Morgan fingerprint density at radius 3 is 1.44 bits per heavy atom. The van der Waals surface area contributed by atoms with E-state index in [2.05, 4.69) is 57.7 Å². The fourth-order valence-corrected chi connectivity index (χ4v) is 7.42. The number of ether oxygens (including phenoxy) is 10. The molecule has 3 amide bonds. The fraction of sp³-hybridized carbons (Fsp3) is 0.509. The summed E-state index contributed by atoms with van der Waals surface area (Å²) in [6, 6.07) is 35.3. The molecule has 0 aliphatic rings. The number of anilines is 1. The molecule has 18 nitrogen and oxygen atoms in total. The number of rotatable bonds is 43. The Morgan fingerprint density at radius 1 is 0.507 bits per heavy atom. The molecule has 0 saturated heterocycles. The summed E-state index contributed by atoms with van der Waals surface area (Å²) in [5.74, 6) is -0.493. The number of unbranched alkanes of at least 4 members (excludes halogenated alkanes) is 1. The van der Waals surface area contributed by atoms with Crippen LogP contribution in [0.5, 0.6) is 5.75 Å². The van der Waals surface area contributed by atoms with Crippen LogP contribution in [0.1, 0.15) is 41.5 Å². The van der Waals surface area contributed by atoms with Crippen molar-refractivity contribution in [1.29, 1.82) is 0 Å². The van der Waals surface area contributed by atoms with Crippen molar-refractivity contribution < 1.29 is 61.8 Å². The van der Waals surface area contributed by atoms with Gasteiger partial charge in [-0.3, -0.25) is 19.7 Å². The summed E-state index contributed by atoms with van der Waals surface area (Å²) < 4.78 is 54.5. The van der Waals surface area contributed by atoms with Crippen LogP contribution < -0.4 is 31.7 Å². The molecular formula is C55H79N5O13. The molecule has 1 atom stereocenters. The van der Waals surface area contributed by atoms with Crippen molar-refractivity contribution in [2.75, 3.05) is 151 Å². The number of hydrogen-bond acceptors (Lipinski definition) is 15. The van der Waals surface area contributed by atoms with E-state index in [0.29, 0.717) is 137 Å². The summed E-state index contributed by atoms with van der Waals surface area (Å²) in [5.41, 5.74) is 9.55. The Hall–Kier alpha value is -5.35. The van der Waals surface area contributed by atoms with Gasteiger partial charge in [0.1, 0.15) is 25.0 Å². The predicted octanol–water partition coefficient (Wildman–Crippen LogP) is 4.40. The second-order valence-electron chi connectivity index (χ2n) is 16.6. The molecule has 4 aromatic carbocycles. The van der Waals surface area contributed by atoms with Crippen LogP contribution in [0.2, 0.25) is 0 Å². The molecular weight excluding hydrogens is 939 g/mol. The quantitative estimate of drug-likeness (QED) is 0.0307. The van der Waals surface area contributed by atoms with Gasteiger partial charge in [0.05, 0.1) is 118 Å². The maximum absolute atomic E-state index is 13.6. The molecule has 0 fully saturated rings. The molecule has 0 heterocycles. The summed E-state index contributed by atoms with van der Waals surface area (Å²) >= 11 is 0. The Bertz CT molecular complexity index is 2000. The van der Waals surface area contributed by atoms with Gasteiger partial charge >= 0.3 is 0 Å². The molecule has 6 N–H and O–H groups in total. The van der Waals surface area contributed by atoms with E-state index >= 15 is 0 Å². The van der Waals surface area contributed by atoms with E-state index in [0.717, 1.165) is 28.0 Å². The van der Waals surface area contributed by atoms with E-state index in [1.807, 2.05) is 79.7 Å². The number of nitrogens with two attached hydrogens (primary N) is 1. The molecule has 18 heteroatoms. The molecule has 4 rings (SSSR count). The summed E-state index contributed by atoms with van der Waals surface area (Å²) in [6.45, 7) is 9.82. The van der Waals surface area contributed by atoms with Gasteiger partial charge in [-0.1, -0.05) is 90.5 Å². The number of nitrogens with one attached hydrogen (secondary N) is 4. The molecule has 0 spiro atoms. The van der Waals surface area contributed by atoms with Crippen molar-refractivity contribution in [1.82, 2.24) is 16.0 Å². The van der Waals surface area contributed by atoms with Crippen LogP contribution >= 0.6 is 0 Å². The molecule has 4 aromatic rings. The molecule has 0 aliphatic carbocycles. The molecule has 0 saturated carbocycles. The molecule has 0 bridgehead atoms. The monoisotopic (exact) mass is 1020 g/mol. The van der Waals surface area contributed by atoms with Crippen molar-refractivity contribution in [3.63, 3.8) is 0 Å². The minimum atomic E-state index is -0.848. The second kappa shape index (κ2) is 38.3. The lowest BCUT2D eigenvalue weighted by Crippen LogP contribution is -2.46. The highest BCUT2D eigenvalue weighted by Gasteiger charge is 2.36. The zero-order valence-electron chi connectivity index (χ0n) is 42.8. The van der Waals surface area contributed by atoms with E-state index in [4.69, 9.17) is 53.1 Å². The van der Waals surface area contributed by atoms with Crippen LogP contribution in [-0.2, 0) is 62.6 Å². The first-order valence-electron chi connectivity index (χ1n) is 25.2. The van der Waals surface area contributed by atoms with Crippen molar-refractivity contribution in [2.45, 2.75) is 37.8 Å². The molecule has 402 valence electrons. The molecule has 0 radical (unpaired) electrons. The van der Waals surface area contributed by atoms with Gasteiger partial charge in [0.2, 0.25) is 17.7 Å². The lowest BCUT2D eigenvalue weighted by Gasteiger charge is -2.37. The summed E-state index contributed by atoms with van der Waals surface area (Å²) in [4.78, 5) is 39.2. The second-order valence-corrected chi connectivity index (χ2v) is 16.6. The number of methoxy groups -OCH3 is 1. The molecule has 0 aromatic heterocycles. The summed E-state index contributed by atoms with van der Waals surface area (Å²) in [7, 11) is 1.65. The van der Waals surface area contributed by atoms with Crippen LogP contribution in [0.3, 0.4) is 0 Å². The highest BCUT2D eigenvalue weighted by Crippen LogP contribution is 2.37. The van der Waals surface area contributed by atoms with Crippen LogP contribution in [0.15, 0.2) is 109 Å². The Labute approximate surface area is 431 Å². The predicted molar refractivity (Wildman–Crippen MR) is 279 cm³/mol. The SMILES string of the molecule is COc1ccc(C(NCCCC[C@H](NC(=O)COCC(=O)NCCOCCOCCOCCOCCOCCOCCOCCOCCN)C(=O)Nc2ccc(C)cc2)(c2ccccc2)c2ccccc2)cc1. The maximum atomic E-state index is 13.6. The van der Waals surface area contributed by atoms with Gasteiger partial charge in [-0.2, -0.15) is 0 Å². The van der Waals surface area contributed by atoms with Gasteiger partial charge in [-0.25, -0.2) is 0 Å². The summed E-state index contributed by atoms with van der Waals surface area (Å²) in [5, 5.41) is 12.4. The number of amides is 3. The van der Waals surface area contributed by atoms with E-state index in [9.17, 15) is 14.4 Å². The summed E-state index contributed by atoms with van der Waals surface area (Å²) in [6.07, 6.45) is 1.68. The lowest BCUT2D eigenvalue weighted by atomic mass is 9.77. The first-order valence-corrected chi connectivity index (χ1v) is 25.2. The van der Waals surface area contributed by atoms with E-state index in [1.165, 1.54) is 0 Å². The number of carbonyl (C=O) groups excluding carboxylic acids is 3. The Balaban J connectivity index is 1.07. The van der Waals surface area contributed by atoms with Gasteiger partial charge in [-0.15, -0.1) is 0 Å². The third-order valence-electron chi connectivity index (χ3n) is 11.1. The minimum absolute atomic E-state index is 0.257. The standard InChI is InChI=1S/C55H79N5O13/c1-45-16-20-49(21-17-45)59-54(63)51(15-9-10-25-58-55(46-11-5-3-6-12-46,47-13-7-4-8-14-47)48-18-22-50(64-2)23-19-48)60-53(62)44-73-43-52(61)57-26-28-66-30-32-68-34-36-70-38-40-72-42-41-71-39-37-69-35-33-67-31-29-65-27-24-56/h3-8,11-14,16-23,51,58H,9-10,15,24-44,56H2,1-2H3,(H,57,61)(H,59,63)(H,60,62)/t51-/m0/s1. The Kier molecular flexibility index (Phi) is 31.6. The lowest BCUT2D eigenvalue weighted by molar-refractivity contribution is -0.133. The van der Waals surface area contributed by atoms with Crippen LogP contribution in [0.25, 0.3) is 0 Å². The topological polar surface area (TPSA) is 218 Å². The van der Waals surface area contributed by atoms with Crippen LogP contribution in [0, 0.1) is 6.92 Å². The average molecular weight is 1020 g/mol. The third kappa shape index (κ3) is 25.0. The van der Waals surface area contributed by atoms with Crippen LogP contribution in [0.4, 0.5) is 5.69 Å². The molecule has 73 heavy (non-hydrogen) atoms.